The maximum Gasteiger partial charge on any atom is 0.328 e. The summed E-state index contributed by atoms with van der Waals surface area (Å²) in [5, 5.41) is 8.53. The van der Waals surface area contributed by atoms with Gasteiger partial charge in [0.1, 0.15) is 0 Å². The molecule has 0 aliphatic rings. The zero-order valence-electron chi connectivity index (χ0n) is 10.7. The van der Waals surface area contributed by atoms with E-state index < -0.39 is 16.0 Å². The van der Waals surface area contributed by atoms with Crippen molar-refractivity contribution in [1.82, 2.24) is 4.72 Å². The van der Waals surface area contributed by atoms with Gasteiger partial charge in [-0.2, -0.15) is 0 Å². The lowest BCUT2D eigenvalue weighted by atomic mass is 10.1. The first-order valence-corrected chi connectivity index (χ1v) is 7.55. The zero-order valence-corrected chi connectivity index (χ0v) is 11.5. The molecule has 1 aromatic carbocycles. The summed E-state index contributed by atoms with van der Waals surface area (Å²) >= 11 is 0. The van der Waals surface area contributed by atoms with E-state index in [1.807, 2.05) is 0 Å². The monoisotopic (exact) mass is 283 g/mol. The fourth-order valence-electron chi connectivity index (χ4n) is 1.51. The Labute approximate surface area is 113 Å². The van der Waals surface area contributed by atoms with Crippen LogP contribution < -0.4 is 4.72 Å². The number of sulfonamides is 1. The van der Waals surface area contributed by atoms with Gasteiger partial charge in [-0.15, -0.1) is 0 Å². The number of nitrogens with one attached hydrogen (secondary N) is 1. The molecular weight excluding hydrogens is 266 g/mol. The molecule has 0 aromatic heterocycles. The van der Waals surface area contributed by atoms with Gasteiger partial charge in [-0.05, 0) is 23.6 Å². The third-order valence-electron chi connectivity index (χ3n) is 2.34. The Morgan fingerprint density at radius 3 is 2.79 bits per heavy atom. The molecule has 0 saturated carbocycles. The average molecular weight is 283 g/mol. The molecule has 0 unspecified atom stereocenters. The van der Waals surface area contributed by atoms with Crippen molar-refractivity contribution < 1.29 is 18.3 Å². The maximum atomic E-state index is 11.5. The molecule has 1 aromatic rings. The fourth-order valence-corrected chi connectivity index (χ4v) is 2.58. The summed E-state index contributed by atoms with van der Waals surface area (Å²) < 4.78 is 25.5. The number of carboxylic acids is 1. The number of carboxylic acid groups (broad SMARTS) is 1. The molecule has 0 aliphatic heterocycles. The van der Waals surface area contributed by atoms with Gasteiger partial charge in [-0.1, -0.05) is 31.2 Å². The predicted molar refractivity (Wildman–Crippen MR) is 74.0 cm³/mol. The van der Waals surface area contributed by atoms with Gasteiger partial charge in [0.15, 0.2) is 0 Å². The Bertz CT molecular complexity index is 564. The van der Waals surface area contributed by atoms with Gasteiger partial charge in [0.05, 0.1) is 5.75 Å². The Morgan fingerprint density at radius 1 is 1.42 bits per heavy atom. The minimum Gasteiger partial charge on any atom is -0.478 e. The molecule has 2 N–H and O–H groups in total. The van der Waals surface area contributed by atoms with E-state index in [2.05, 4.69) is 4.72 Å². The first-order valence-electron chi connectivity index (χ1n) is 5.90. The number of aliphatic carboxylic acids is 1. The lowest BCUT2D eigenvalue weighted by molar-refractivity contribution is -0.131. The highest BCUT2D eigenvalue weighted by Gasteiger charge is 2.07. The zero-order chi connectivity index (χ0) is 14.3. The molecule has 0 bridgehead atoms. The molecule has 0 aliphatic carbocycles. The van der Waals surface area contributed by atoms with Crippen molar-refractivity contribution in [2.24, 2.45) is 0 Å². The highest BCUT2D eigenvalue weighted by molar-refractivity contribution is 7.89. The van der Waals surface area contributed by atoms with Gasteiger partial charge < -0.3 is 5.11 Å². The molecule has 0 fully saturated rings. The van der Waals surface area contributed by atoms with Crippen LogP contribution in [-0.4, -0.2) is 25.2 Å². The minimum absolute atomic E-state index is 0.103. The van der Waals surface area contributed by atoms with E-state index in [9.17, 15) is 13.2 Å². The summed E-state index contributed by atoms with van der Waals surface area (Å²) in [6.07, 6.45) is 3.07. The highest BCUT2D eigenvalue weighted by Crippen LogP contribution is 2.07. The lowest BCUT2D eigenvalue weighted by Crippen LogP contribution is -2.25. The van der Waals surface area contributed by atoms with E-state index in [1.54, 1.807) is 31.2 Å². The minimum atomic E-state index is -3.23. The van der Waals surface area contributed by atoms with Crippen molar-refractivity contribution in [2.45, 2.75) is 19.9 Å². The number of hydrogen-bond acceptors (Lipinski definition) is 3. The predicted octanol–water partition coefficient (Wildman–Crippen LogP) is 1.61. The van der Waals surface area contributed by atoms with Crippen LogP contribution in [0.3, 0.4) is 0 Å². The summed E-state index contributed by atoms with van der Waals surface area (Å²) in [6, 6.07) is 7.04. The van der Waals surface area contributed by atoms with Crippen LogP contribution >= 0.6 is 0 Å². The van der Waals surface area contributed by atoms with Crippen LogP contribution in [0.25, 0.3) is 6.08 Å². The molecule has 104 valence electrons. The summed E-state index contributed by atoms with van der Waals surface area (Å²) in [6.45, 7) is 2.01. The Balaban J connectivity index is 2.70. The molecule has 6 heteroatoms. The van der Waals surface area contributed by atoms with Crippen molar-refractivity contribution in [3.05, 3.63) is 41.5 Å². The van der Waals surface area contributed by atoms with Crippen molar-refractivity contribution in [3.63, 3.8) is 0 Å². The molecule has 0 radical (unpaired) electrons. The molecule has 19 heavy (non-hydrogen) atoms. The van der Waals surface area contributed by atoms with Crippen LogP contribution in [0.5, 0.6) is 0 Å². The van der Waals surface area contributed by atoms with Gasteiger partial charge in [0, 0.05) is 12.6 Å². The van der Waals surface area contributed by atoms with Gasteiger partial charge in [-0.25, -0.2) is 17.9 Å². The number of benzene rings is 1. The SMILES string of the molecule is CCCS(=O)(=O)NCc1cccc(C=CC(=O)O)c1. The quantitative estimate of drug-likeness (QED) is 0.745. The van der Waals surface area contributed by atoms with Crippen LogP contribution in [0.2, 0.25) is 0 Å². The fraction of sp³-hybridized carbons (Fsp3) is 0.308. The van der Waals surface area contributed by atoms with Crippen molar-refractivity contribution >= 4 is 22.1 Å². The maximum absolute atomic E-state index is 11.5. The molecule has 0 atom stereocenters. The van der Waals surface area contributed by atoms with E-state index in [1.165, 1.54) is 6.08 Å². The number of rotatable bonds is 7. The van der Waals surface area contributed by atoms with Crippen LogP contribution in [-0.2, 0) is 21.4 Å². The van der Waals surface area contributed by atoms with Gasteiger partial charge in [0.25, 0.3) is 0 Å². The van der Waals surface area contributed by atoms with E-state index in [0.717, 1.165) is 17.2 Å². The van der Waals surface area contributed by atoms with Crippen LogP contribution in [0.4, 0.5) is 0 Å². The van der Waals surface area contributed by atoms with Crippen LogP contribution in [0.1, 0.15) is 24.5 Å². The third-order valence-corrected chi connectivity index (χ3v) is 3.87. The van der Waals surface area contributed by atoms with Gasteiger partial charge in [-0.3, -0.25) is 0 Å². The van der Waals surface area contributed by atoms with E-state index >= 15 is 0 Å². The standard InChI is InChI=1S/C13H17NO4S/c1-2-8-19(17,18)14-10-12-5-3-4-11(9-12)6-7-13(15)16/h3-7,9,14H,2,8,10H2,1H3,(H,15,16). The smallest absolute Gasteiger partial charge is 0.328 e. The number of hydrogen-bond donors (Lipinski definition) is 2. The molecular formula is C13H17NO4S. The molecule has 0 spiro atoms. The summed E-state index contributed by atoms with van der Waals surface area (Å²) in [5.74, 6) is -0.917. The molecule has 0 heterocycles. The second-order valence-corrected chi connectivity index (χ2v) is 5.98. The molecule has 0 saturated heterocycles. The second kappa shape index (κ2) is 7.06. The highest BCUT2D eigenvalue weighted by atomic mass is 32.2. The average Bonchev–Trinajstić information content (AvgIpc) is 2.35. The van der Waals surface area contributed by atoms with E-state index in [0.29, 0.717) is 6.42 Å². The number of carbonyl (C=O) groups is 1. The van der Waals surface area contributed by atoms with Crippen LogP contribution in [0.15, 0.2) is 30.3 Å². The van der Waals surface area contributed by atoms with Gasteiger partial charge in [0.2, 0.25) is 10.0 Å². The Morgan fingerprint density at radius 2 is 2.16 bits per heavy atom. The van der Waals surface area contributed by atoms with Crippen LogP contribution in [0, 0.1) is 0 Å². The second-order valence-electron chi connectivity index (χ2n) is 4.06. The topological polar surface area (TPSA) is 83.5 Å². The van der Waals surface area contributed by atoms with Crippen molar-refractivity contribution in [2.75, 3.05) is 5.75 Å². The Kier molecular flexibility index (Phi) is 5.72. The largest absolute Gasteiger partial charge is 0.478 e. The first kappa shape index (κ1) is 15.4. The Hall–Kier alpha value is -1.66. The van der Waals surface area contributed by atoms with E-state index in [-0.39, 0.29) is 12.3 Å². The van der Waals surface area contributed by atoms with Crippen molar-refractivity contribution in [1.29, 1.82) is 0 Å². The molecule has 0 amide bonds. The van der Waals surface area contributed by atoms with Crippen molar-refractivity contribution in [3.8, 4) is 0 Å². The third kappa shape index (κ3) is 6.17. The van der Waals surface area contributed by atoms with E-state index in [4.69, 9.17) is 5.11 Å². The lowest BCUT2D eigenvalue weighted by Gasteiger charge is -2.06. The van der Waals surface area contributed by atoms with Gasteiger partial charge >= 0.3 is 5.97 Å². The first-order chi connectivity index (χ1) is 8.93. The summed E-state index contributed by atoms with van der Waals surface area (Å²) in [7, 11) is -3.23. The molecule has 5 nitrogen and oxygen atoms in total. The summed E-state index contributed by atoms with van der Waals surface area (Å²) in [5.41, 5.74) is 1.50. The summed E-state index contributed by atoms with van der Waals surface area (Å²) in [4.78, 5) is 10.4. The molecule has 1 rings (SSSR count). The normalized spacial score (nSPS) is 11.8.